The number of hydrogen-bond acceptors (Lipinski definition) is 5. The number of amides is 1. The van der Waals surface area contributed by atoms with Gasteiger partial charge in [-0.15, -0.1) is 0 Å². The number of esters is 1. The van der Waals surface area contributed by atoms with Crippen LogP contribution in [0.1, 0.15) is 26.3 Å². The summed E-state index contributed by atoms with van der Waals surface area (Å²) in [5.41, 5.74) is 3.10. The first kappa shape index (κ1) is 19.1. The van der Waals surface area contributed by atoms with Gasteiger partial charge in [0.1, 0.15) is 0 Å². The minimum absolute atomic E-state index is 0.138. The monoisotopic (exact) mass is 375 g/mol. The third-order valence-electron chi connectivity index (χ3n) is 4.21. The zero-order valence-corrected chi connectivity index (χ0v) is 15.8. The van der Waals surface area contributed by atoms with Gasteiger partial charge in [-0.1, -0.05) is 42.5 Å². The molecule has 0 saturated carbocycles. The Bertz CT molecular complexity index is 974. The van der Waals surface area contributed by atoms with Crippen LogP contribution in [0.4, 0.5) is 11.4 Å². The van der Waals surface area contributed by atoms with Crippen molar-refractivity contribution in [3.63, 3.8) is 0 Å². The molecule has 0 atom stereocenters. The molecule has 0 unspecified atom stereocenters. The maximum Gasteiger partial charge on any atom is 0.339 e. The number of anilines is 2. The quantitative estimate of drug-likeness (QED) is 0.662. The van der Waals surface area contributed by atoms with E-state index in [9.17, 15) is 9.59 Å². The van der Waals surface area contributed by atoms with Crippen molar-refractivity contribution in [2.75, 3.05) is 19.5 Å². The van der Waals surface area contributed by atoms with E-state index in [1.165, 1.54) is 13.3 Å². The van der Waals surface area contributed by atoms with Crippen LogP contribution in [-0.2, 0) is 11.3 Å². The first-order valence-electron chi connectivity index (χ1n) is 8.77. The van der Waals surface area contributed by atoms with Gasteiger partial charge in [-0.05, 0) is 23.8 Å². The molecule has 3 aromatic rings. The van der Waals surface area contributed by atoms with E-state index in [0.29, 0.717) is 29.0 Å². The highest BCUT2D eigenvalue weighted by Crippen LogP contribution is 2.22. The van der Waals surface area contributed by atoms with Crippen LogP contribution in [0.3, 0.4) is 0 Å². The predicted octanol–water partition coefficient (Wildman–Crippen LogP) is 3.88. The van der Waals surface area contributed by atoms with Gasteiger partial charge in [-0.2, -0.15) is 0 Å². The van der Waals surface area contributed by atoms with E-state index in [0.717, 1.165) is 5.56 Å². The standard InChI is InChI=1S/C22H21N3O3/c1-25(15-16-8-4-3-5-9-16)21(26)17-12-18(14-23-13-17)24-20-11-7-6-10-19(20)22(27)28-2/h3-14,24H,15H2,1-2H3. The van der Waals surface area contributed by atoms with E-state index in [4.69, 9.17) is 4.74 Å². The number of aromatic nitrogens is 1. The number of ether oxygens (including phenoxy) is 1. The Balaban J connectivity index is 1.77. The fraction of sp³-hybridized carbons (Fsp3) is 0.136. The molecular weight excluding hydrogens is 354 g/mol. The lowest BCUT2D eigenvalue weighted by Gasteiger charge is -2.18. The summed E-state index contributed by atoms with van der Waals surface area (Å²) in [6.45, 7) is 0.502. The van der Waals surface area contributed by atoms with E-state index in [1.54, 1.807) is 42.4 Å². The van der Waals surface area contributed by atoms with Crippen LogP contribution in [-0.4, -0.2) is 35.9 Å². The molecule has 0 aliphatic heterocycles. The summed E-state index contributed by atoms with van der Waals surface area (Å²) >= 11 is 0. The van der Waals surface area contributed by atoms with Crippen molar-refractivity contribution in [1.29, 1.82) is 0 Å². The molecule has 1 aromatic heterocycles. The number of nitrogens with zero attached hydrogens (tertiary/aromatic N) is 2. The lowest BCUT2D eigenvalue weighted by Crippen LogP contribution is -2.26. The number of carbonyl (C=O) groups excluding carboxylic acids is 2. The van der Waals surface area contributed by atoms with Crippen LogP contribution in [0.25, 0.3) is 0 Å². The SMILES string of the molecule is COC(=O)c1ccccc1Nc1cncc(C(=O)N(C)Cc2ccccc2)c1. The average molecular weight is 375 g/mol. The fourth-order valence-electron chi connectivity index (χ4n) is 2.81. The second kappa shape index (κ2) is 8.81. The zero-order chi connectivity index (χ0) is 19.9. The topological polar surface area (TPSA) is 71.5 Å². The Morgan fingerprint density at radius 2 is 1.75 bits per heavy atom. The number of rotatable bonds is 6. The van der Waals surface area contributed by atoms with E-state index < -0.39 is 5.97 Å². The van der Waals surface area contributed by atoms with Crippen LogP contribution < -0.4 is 5.32 Å². The fourth-order valence-corrected chi connectivity index (χ4v) is 2.81. The van der Waals surface area contributed by atoms with Gasteiger partial charge in [-0.25, -0.2) is 4.79 Å². The summed E-state index contributed by atoms with van der Waals surface area (Å²) in [4.78, 5) is 30.5. The second-order valence-electron chi connectivity index (χ2n) is 6.27. The number of benzene rings is 2. The summed E-state index contributed by atoms with van der Waals surface area (Å²) in [5, 5.41) is 3.14. The summed E-state index contributed by atoms with van der Waals surface area (Å²) < 4.78 is 4.81. The van der Waals surface area contributed by atoms with Gasteiger partial charge in [0.15, 0.2) is 0 Å². The molecule has 0 aliphatic carbocycles. The van der Waals surface area contributed by atoms with Crippen molar-refractivity contribution < 1.29 is 14.3 Å². The number of hydrogen-bond donors (Lipinski definition) is 1. The molecule has 2 aromatic carbocycles. The van der Waals surface area contributed by atoms with Gasteiger partial charge < -0.3 is 15.0 Å². The van der Waals surface area contributed by atoms with Gasteiger partial charge in [0.05, 0.1) is 35.8 Å². The molecule has 142 valence electrons. The highest BCUT2D eigenvalue weighted by Gasteiger charge is 2.15. The molecule has 0 bridgehead atoms. The van der Waals surface area contributed by atoms with Gasteiger partial charge in [0.25, 0.3) is 5.91 Å². The molecule has 6 heteroatoms. The van der Waals surface area contributed by atoms with Crippen LogP contribution in [0.2, 0.25) is 0 Å². The molecule has 0 saturated heterocycles. The first-order chi connectivity index (χ1) is 13.6. The van der Waals surface area contributed by atoms with Crippen LogP contribution in [0, 0.1) is 0 Å². The van der Waals surface area contributed by atoms with Crippen molar-refractivity contribution in [3.05, 3.63) is 89.7 Å². The van der Waals surface area contributed by atoms with E-state index >= 15 is 0 Å². The number of para-hydroxylation sites is 1. The number of pyridine rings is 1. The third-order valence-corrected chi connectivity index (χ3v) is 4.21. The van der Waals surface area contributed by atoms with Crippen molar-refractivity contribution in [3.8, 4) is 0 Å². The smallest absolute Gasteiger partial charge is 0.339 e. The molecule has 1 heterocycles. The van der Waals surface area contributed by atoms with E-state index in [2.05, 4.69) is 10.3 Å². The predicted molar refractivity (Wildman–Crippen MR) is 108 cm³/mol. The Kier molecular flexibility index (Phi) is 6.01. The minimum Gasteiger partial charge on any atom is -0.465 e. The van der Waals surface area contributed by atoms with Crippen molar-refractivity contribution in [2.24, 2.45) is 0 Å². The first-order valence-corrected chi connectivity index (χ1v) is 8.77. The Morgan fingerprint density at radius 1 is 1.04 bits per heavy atom. The molecular formula is C22H21N3O3. The largest absolute Gasteiger partial charge is 0.465 e. The van der Waals surface area contributed by atoms with Crippen molar-refractivity contribution >= 4 is 23.3 Å². The lowest BCUT2D eigenvalue weighted by molar-refractivity contribution is 0.0601. The highest BCUT2D eigenvalue weighted by molar-refractivity contribution is 5.97. The van der Waals surface area contributed by atoms with Gasteiger partial charge >= 0.3 is 5.97 Å². The van der Waals surface area contributed by atoms with Crippen molar-refractivity contribution in [1.82, 2.24) is 9.88 Å². The van der Waals surface area contributed by atoms with Gasteiger partial charge in [-0.3, -0.25) is 9.78 Å². The highest BCUT2D eigenvalue weighted by atomic mass is 16.5. The normalized spacial score (nSPS) is 10.2. The molecule has 1 N–H and O–H groups in total. The minimum atomic E-state index is -0.439. The van der Waals surface area contributed by atoms with Crippen LogP contribution >= 0.6 is 0 Å². The van der Waals surface area contributed by atoms with E-state index in [-0.39, 0.29) is 5.91 Å². The molecule has 28 heavy (non-hydrogen) atoms. The van der Waals surface area contributed by atoms with E-state index in [1.807, 2.05) is 36.4 Å². The lowest BCUT2D eigenvalue weighted by atomic mass is 10.1. The molecule has 0 spiro atoms. The molecule has 0 fully saturated rings. The maximum atomic E-state index is 12.8. The van der Waals surface area contributed by atoms with Crippen LogP contribution in [0.5, 0.6) is 0 Å². The molecule has 6 nitrogen and oxygen atoms in total. The van der Waals surface area contributed by atoms with Crippen molar-refractivity contribution in [2.45, 2.75) is 6.54 Å². The maximum absolute atomic E-state index is 12.8. The number of carbonyl (C=O) groups is 2. The van der Waals surface area contributed by atoms with Gasteiger partial charge in [0.2, 0.25) is 0 Å². The zero-order valence-electron chi connectivity index (χ0n) is 15.8. The second-order valence-corrected chi connectivity index (χ2v) is 6.27. The summed E-state index contributed by atoms with van der Waals surface area (Å²) in [6.07, 6.45) is 3.13. The summed E-state index contributed by atoms with van der Waals surface area (Å²) in [6, 6.07) is 18.5. The molecule has 1 amide bonds. The number of nitrogens with one attached hydrogen (secondary N) is 1. The molecule has 0 aliphatic rings. The summed E-state index contributed by atoms with van der Waals surface area (Å²) in [5.74, 6) is -0.577. The molecule has 0 radical (unpaired) electrons. The Labute approximate surface area is 163 Å². The van der Waals surface area contributed by atoms with Gasteiger partial charge in [0, 0.05) is 19.8 Å². The third kappa shape index (κ3) is 4.54. The van der Waals surface area contributed by atoms with Crippen LogP contribution in [0.15, 0.2) is 73.1 Å². The summed E-state index contributed by atoms with van der Waals surface area (Å²) in [7, 11) is 3.09. The Hall–Kier alpha value is -3.67. The molecule has 3 rings (SSSR count). The Morgan fingerprint density at radius 3 is 2.50 bits per heavy atom. The average Bonchev–Trinajstić information content (AvgIpc) is 2.74. The number of methoxy groups -OCH3 is 1.